The molecule has 0 unspecified atom stereocenters. The van der Waals surface area contributed by atoms with E-state index in [0.717, 1.165) is 19.3 Å². The summed E-state index contributed by atoms with van der Waals surface area (Å²) in [5, 5.41) is 0. The van der Waals surface area contributed by atoms with Crippen LogP contribution >= 0.6 is 0 Å². The quantitative estimate of drug-likeness (QED) is 0.485. The number of ether oxygens (including phenoxy) is 1. The zero-order valence-corrected chi connectivity index (χ0v) is 11.7. The Hall–Kier alpha value is -2.75. The van der Waals surface area contributed by atoms with Gasteiger partial charge in [0.2, 0.25) is 0 Å². The Morgan fingerprint density at radius 1 is 0.818 bits per heavy atom. The van der Waals surface area contributed by atoms with Crippen LogP contribution in [0.5, 0.6) is 0 Å². The molecule has 0 bridgehead atoms. The zero-order chi connectivity index (χ0) is 15.3. The Morgan fingerprint density at radius 3 is 2.36 bits per heavy atom. The first kappa shape index (κ1) is 13.0. The van der Waals surface area contributed by atoms with E-state index >= 15 is 0 Å². The number of cyclic esters (lactones) is 2. The van der Waals surface area contributed by atoms with E-state index in [1.807, 2.05) is 18.2 Å². The largest absolute Gasteiger partial charge is 0.386 e. The number of ketones is 1. The van der Waals surface area contributed by atoms with Gasteiger partial charge in [0.1, 0.15) is 0 Å². The summed E-state index contributed by atoms with van der Waals surface area (Å²) in [4.78, 5) is 35.6. The van der Waals surface area contributed by atoms with Gasteiger partial charge in [-0.25, -0.2) is 9.59 Å². The molecular weight excluding hydrogens is 280 g/mol. The van der Waals surface area contributed by atoms with Gasteiger partial charge in [-0.15, -0.1) is 0 Å². The minimum atomic E-state index is -0.691. The Morgan fingerprint density at radius 2 is 1.50 bits per heavy atom. The molecule has 0 amide bonds. The van der Waals surface area contributed by atoms with E-state index in [1.54, 1.807) is 6.07 Å². The second-order valence-corrected chi connectivity index (χ2v) is 5.60. The summed E-state index contributed by atoms with van der Waals surface area (Å²) >= 11 is 0. The van der Waals surface area contributed by atoms with E-state index in [4.69, 9.17) is 0 Å². The highest BCUT2D eigenvalue weighted by molar-refractivity contribution is 6.17. The molecule has 0 atom stereocenters. The van der Waals surface area contributed by atoms with Gasteiger partial charge in [-0.3, -0.25) is 4.79 Å². The van der Waals surface area contributed by atoms with Gasteiger partial charge in [0, 0.05) is 11.1 Å². The van der Waals surface area contributed by atoms with Crippen LogP contribution in [0.4, 0.5) is 0 Å². The maximum absolute atomic E-state index is 12.6. The van der Waals surface area contributed by atoms with Crippen molar-refractivity contribution in [2.45, 2.75) is 19.3 Å². The summed E-state index contributed by atoms with van der Waals surface area (Å²) in [6.07, 6.45) is 3.19. The van der Waals surface area contributed by atoms with E-state index in [2.05, 4.69) is 4.74 Å². The van der Waals surface area contributed by atoms with Gasteiger partial charge in [-0.05, 0) is 48.6 Å². The number of rotatable bonds is 2. The second-order valence-electron chi connectivity index (χ2n) is 5.60. The first-order chi connectivity index (χ1) is 10.6. The molecule has 0 aromatic heterocycles. The number of hydrogen-bond acceptors (Lipinski definition) is 4. The molecule has 0 radical (unpaired) electrons. The Balaban J connectivity index is 1.73. The third-order valence-electron chi connectivity index (χ3n) is 4.27. The van der Waals surface area contributed by atoms with Crippen molar-refractivity contribution in [1.29, 1.82) is 0 Å². The van der Waals surface area contributed by atoms with Crippen LogP contribution in [0.1, 0.15) is 54.2 Å². The molecule has 2 aromatic rings. The van der Waals surface area contributed by atoms with Gasteiger partial charge < -0.3 is 4.74 Å². The first-order valence-electron chi connectivity index (χ1n) is 7.20. The highest BCUT2D eigenvalue weighted by Crippen LogP contribution is 2.26. The number of benzene rings is 2. The molecule has 0 fully saturated rings. The molecule has 2 aliphatic rings. The Labute approximate surface area is 126 Å². The molecule has 1 aliphatic carbocycles. The maximum Gasteiger partial charge on any atom is 0.346 e. The average Bonchev–Trinajstić information content (AvgIpc) is 3.10. The van der Waals surface area contributed by atoms with Crippen LogP contribution in [0.25, 0.3) is 0 Å². The summed E-state index contributed by atoms with van der Waals surface area (Å²) < 4.78 is 4.54. The van der Waals surface area contributed by atoms with E-state index in [9.17, 15) is 14.4 Å². The van der Waals surface area contributed by atoms with E-state index in [-0.39, 0.29) is 16.9 Å². The summed E-state index contributed by atoms with van der Waals surface area (Å²) in [6.45, 7) is 0. The Bertz CT molecular complexity index is 848. The number of carbonyl (C=O) groups is 3. The van der Waals surface area contributed by atoms with Gasteiger partial charge in [0.25, 0.3) is 0 Å². The molecule has 22 heavy (non-hydrogen) atoms. The standard InChI is InChI=1S/C18H12O4/c19-16(12-5-4-10-2-1-3-11(10)8-12)13-6-7-14-15(9-13)18(21)22-17(14)20/h4-9H,1-3H2. The van der Waals surface area contributed by atoms with E-state index < -0.39 is 11.9 Å². The van der Waals surface area contributed by atoms with Crippen LogP contribution in [0.15, 0.2) is 36.4 Å². The highest BCUT2D eigenvalue weighted by atomic mass is 16.6. The second kappa shape index (κ2) is 4.63. The van der Waals surface area contributed by atoms with Crippen LogP contribution < -0.4 is 0 Å². The lowest BCUT2D eigenvalue weighted by Gasteiger charge is -2.05. The number of carbonyl (C=O) groups excluding carboxylic acids is 3. The van der Waals surface area contributed by atoms with Crippen molar-refractivity contribution in [2.75, 3.05) is 0 Å². The topological polar surface area (TPSA) is 60.4 Å². The Kier molecular flexibility index (Phi) is 2.73. The monoisotopic (exact) mass is 292 g/mol. The van der Waals surface area contributed by atoms with Crippen LogP contribution in [-0.4, -0.2) is 17.7 Å². The van der Waals surface area contributed by atoms with E-state index in [0.29, 0.717) is 11.1 Å². The third kappa shape index (κ3) is 1.88. The third-order valence-corrected chi connectivity index (χ3v) is 4.27. The first-order valence-corrected chi connectivity index (χ1v) is 7.20. The molecule has 0 spiro atoms. The van der Waals surface area contributed by atoms with Crippen LogP contribution in [0, 0.1) is 0 Å². The average molecular weight is 292 g/mol. The van der Waals surface area contributed by atoms with Crippen LogP contribution in [0.2, 0.25) is 0 Å². The molecule has 4 nitrogen and oxygen atoms in total. The van der Waals surface area contributed by atoms with Gasteiger partial charge in [-0.1, -0.05) is 18.2 Å². The van der Waals surface area contributed by atoms with Crippen molar-refractivity contribution in [2.24, 2.45) is 0 Å². The van der Waals surface area contributed by atoms with Crippen LogP contribution in [0.3, 0.4) is 0 Å². The summed E-state index contributed by atoms with van der Waals surface area (Å²) in [5.41, 5.74) is 3.91. The van der Waals surface area contributed by atoms with Gasteiger partial charge in [0.15, 0.2) is 5.78 Å². The van der Waals surface area contributed by atoms with E-state index in [1.165, 1.54) is 23.3 Å². The number of esters is 2. The van der Waals surface area contributed by atoms with Crippen molar-refractivity contribution in [3.8, 4) is 0 Å². The lowest BCUT2D eigenvalue weighted by Crippen LogP contribution is -2.04. The number of fused-ring (bicyclic) bond motifs is 2. The zero-order valence-electron chi connectivity index (χ0n) is 11.7. The highest BCUT2D eigenvalue weighted by Gasteiger charge is 2.30. The molecule has 2 aromatic carbocycles. The summed E-state index contributed by atoms with van der Waals surface area (Å²) in [7, 11) is 0. The fourth-order valence-electron chi connectivity index (χ4n) is 3.11. The number of aryl methyl sites for hydroxylation is 2. The van der Waals surface area contributed by atoms with Gasteiger partial charge in [-0.2, -0.15) is 0 Å². The molecule has 108 valence electrons. The fourth-order valence-corrected chi connectivity index (χ4v) is 3.11. The summed E-state index contributed by atoms with van der Waals surface area (Å²) in [5.74, 6) is -1.50. The van der Waals surface area contributed by atoms with Crippen molar-refractivity contribution >= 4 is 17.7 Å². The predicted molar refractivity (Wildman–Crippen MR) is 78.1 cm³/mol. The minimum absolute atomic E-state index is 0.148. The smallest absolute Gasteiger partial charge is 0.346 e. The molecule has 4 rings (SSSR count). The molecule has 1 heterocycles. The van der Waals surface area contributed by atoms with Crippen molar-refractivity contribution in [3.05, 3.63) is 69.8 Å². The minimum Gasteiger partial charge on any atom is -0.386 e. The summed E-state index contributed by atoms with van der Waals surface area (Å²) in [6, 6.07) is 10.2. The molecule has 0 saturated heterocycles. The lowest BCUT2D eigenvalue weighted by atomic mass is 9.97. The molecule has 4 heteroatoms. The van der Waals surface area contributed by atoms with Crippen molar-refractivity contribution in [3.63, 3.8) is 0 Å². The molecule has 0 saturated carbocycles. The van der Waals surface area contributed by atoms with Gasteiger partial charge in [0.05, 0.1) is 11.1 Å². The maximum atomic E-state index is 12.6. The molecule has 1 aliphatic heterocycles. The lowest BCUT2D eigenvalue weighted by molar-refractivity contribution is 0.0443. The van der Waals surface area contributed by atoms with Crippen LogP contribution in [-0.2, 0) is 17.6 Å². The normalized spacial score (nSPS) is 15.5. The molecule has 0 N–H and O–H groups in total. The predicted octanol–water partition coefficient (Wildman–Crippen LogP) is 2.72. The number of hydrogen-bond donors (Lipinski definition) is 0. The van der Waals surface area contributed by atoms with Gasteiger partial charge >= 0.3 is 11.9 Å². The fraction of sp³-hybridized carbons (Fsp3) is 0.167. The van der Waals surface area contributed by atoms with Crippen molar-refractivity contribution in [1.82, 2.24) is 0 Å². The van der Waals surface area contributed by atoms with Crippen molar-refractivity contribution < 1.29 is 19.1 Å². The molecular formula is C18H12O4. The SMILES string of the molecule is O=C(c1ccc2c(c1)CCC2)c1ccc2c(c1)C(=O)OC2=O.